The van der Waals surface area contributed by atoms with E-state index in [2.05, 4.69) is 11.9 Å². The standard InChI is InChI=1S/C12H23NO3/c1-7-8-12(6,15)9(2)13-10(14)16-11(3,4)5/h7,9,15H,1,8H2,2-6H3,(H,13,14)/t9-,12+/m0/s1. The van der Waals surface area contributed by atoms with Crippen LogP contribution in [0.4, 0.5) is 4.79 Å². The van der Waals surface area contributed by atoms with Crippen LogP contribution >= 0.6 is 0 Å². The van der Waals surface area contributed by atoms with E-state index in [0.29, 0.717) is 6.42 Å². The summed E-state index contributed by atoms with van der Waals surface area (Å²) in [5.41, 5.74) is -1.55. The maximum absolute atomic E-state index is 11.4. The average molecular weight is 229 g/mol. The molecule has 0 spiro atoms. The first-order chi connectivity index (χ1) is 7.08. The normalized spacial score (nSPS) is 17.1. The molecule has 0 aromatic rings. The molecule has 0 saturated carbocycles. The molecule has 0 aliphatic rings. The molecule has 0 unspecified atom stereocenters. The summed E-state index contributed by atoms with van der Waals surface area (Å²) in [6.45, 7) is 12.3. The van der Waals surface area contributed by atoms with Crippen LogP contribution in [0.25, 0.3) is 0 Å². The minimum absolute atomic E-state index is 0.402. The first-order valence-electron chi connectivity index (χ1n) is 5.41. The molecule has 0 aliphatic heterocycles. The van der Waals surface area contributed by atoms with Gasteiger partial charge in [-0.2, -0.15) is 0 Å². The van der Waals surface area contributed by atoms with Crippen LogP contribution in [0.3, 0.4) is 0 Å². The number of carbonyl (C=O) groups is 1. The molecular weight excluding hydrogens is 206 g/mol. The molecule has 2 N–H and O–H groups in total. The van der Waals surface area contributed by atoms with Gasteiger partial charge >= 0.3 is 6.09 Å². The van der Waals surface area contributed by atoms with Gasteiger partial charge in [-0.05, 0) is 41.0 Å². The molecule has 0 bridgehead atoms. The second-order valence-corrected chi connectivity index (χ2v) is 5.22. The summed E-state index contributed by atoms with van der Waals surface area (Å²) < 4.78 is 5.09. The van der Waals surface area contributed by atoms with Crippen molar-refractivity contribution in [1.29, 1.82) is 0 Å². The Morgan fingerprint density at radius 3 is 2.38 bits per heavy atom. The van der Waals surface area contributed by atoms with Gasteiger partial charge in [0.15, 0.2) is 0 Å². The van der Waals surface area contributed by atoms with Crippen molar-refractivity contribution in [2.45, 2.75) is 58.3 Å². The van der Waals surface area contributed by atoms with Crippen molar-refractivity contribution >= 4 is 6.09 Å². The first-order valence-corrected chi connectivity index (χ1v) is 5.41. The fraction of sp³-hybridized carbons (Fsp3) is 0.750. The van der Waals surface area contributed by atoms with E-state index in [1.807, 2.05) is 0 Å². The molecule has 4 heteroatoms. The minimum atomic E-state index is -1.02. The highest BCUT2D eigenvalue weighted by Crippen LogP contribution is 2.15. The van der Waals surface area contributed by atoms with Gasteiger partial charge in [0.25, 0.3) is 0 Å². The van der Waals surface area contributed by atoms with Crippen molar-refractivity contribution in [1.82, 2.24) is 5.32 Å². The summed E-state index contributed by atoms with van der Waals surface area (Å²) >= 11 is 0. The zero-order valence-electron chi connectivity index (χ0n) is 10.8. The van der Waals surface area contributed by atoms with E-state index < -0.39 is 23.3 Å². The summed E-state index contributed by atoms with van der Waals surface area (Å²) in [7, 11) is 0. The Morgan fingerprint density at radius 1 is 1.50 bits per heavy atom. The Morgan fingerprint density at radius 2 is 2.00 bits per heavy atom. The smallest absolute Gasteiger partial charge is 0.407 e. The molecule has 0 radical (unpaired) electrons. The van der Waals surface area contributed by atoms with E-state index in [9.17, 15) is 9.90 Å². The van der Waals surface area contributed by atoms with Gasteiger partial charge in [-0.1, -0.05) is 6.08 Å². The topological polar surface area (TPSA) is 58.6 Å². The Bertz CT molecular complexity index is 253. The van der Waals surface area contributed by atoms with Gasteiger partial charge < -0.3 is 15.2 Å². The summed E-state index contributed by atoms with van der Waals surface area (Å²) in [5, 5.41) is 12.6. The van der Waals surface area contributed by atoms with Gasteiger partial charge in [-0.15, -0.1) is 6.58 Å². The lowest BCUT2D eigenvalue weighted by Crippen LogP contribution is -2.50. The zero-order valence-corrected chi connectivity index (χ0v) is 10.8. The molecule has 16 heavy (non-hydrogen) atoms. The van der Waals surface area contributed by atoms with Gasteiger partial charge in [0.2, 0.25) is 0 Å². The molecule has 0 aromatic carbocycles. The maximum Gasteiger partial charge on any atom is 0.407 e. The quantitative estimate of drug-likeness (QED) is 0.727. The van der Waals surface area contributed by atoms with Crippen LogP contribution in [-0.2, 0) is 4.74 Å². The predicted molar refractivity (Wildman–Crippen MR) is 64.3 cm³/mol. The van der Waals surface area contributed by atoms with Gasteiger partial charge in [-0.3, -0.25) is 0 Å². The van der Waals surface area contributed by atoms with Crippen molar-refractivity contribution in [2.24, 2.45) is 0 Å². The van der Waals surface area contributed by atoms with Crippen LogP contribution in [0.2, 0.25) is 0 Å². The van der Waals surface area contributed by atoms with E-state index in [0.717, 1.165) is 0 Å². The number of carbonyl (C=O) groups excluding carboxylic acids is 1. The Labute approximate surface area is 97.7 Å². The van der Waals surface area contributed by atoms with Crippen LogP contribution in [0.15, 0.2) is 12.7 Å². The SMILES string of the molecule is C=CC[C@@](C)(O)[C@H](C)NC(=O)OC(C)(C)C. The molecular formula is C12H23NO3. The minimum Gasteiger partial charge on any atom is -0.444 e. The van der Waals surface area contributed by atoms with Crippen molar-refractivity contribution in [2.75, 3.05) is 0 Å². The Balaban J connectivity index is 4.29. The molecule has 0 heterocycles. The summed E-state index contributed by atoms with van der Waals surface area (Å²) in [6.07, 6.45) is 1.50. The third-order valence-corrected chi connectivity index (χ3v) is 2.22. The first kappa shape index (κ1) is 15.0. The van der Waals surface area contributed by atoms with Crippen molar-refractivity contribution in [3.8, 4) is 0 Å². The summed E-state index contributed by atoms with van der Waals surface area (Å²) in [5.74, 6) is 0. The fourth-order valence-corrected chi connectivity index (χ4v) is 1.11. The van der Waals surface area contributed by atoms with Crippen molar-refractivity contribution < 1.29 is 14.6 Å². The predicted octanol–water partition coefficient (Wildman–Crippen LogP) is 2.23. The van der Waals surface area contributed by atoms with Gasteiger partial charge in [0.1, 0.15) is 5.60 Å². The number of aliphatic hydroxyl groups is 1. The van der Waals surface area contributed by atoms with E-state index in [-0.39, 0.29) is 0 Å². The Hall–Kier alpha value is -1.03. The van der Waals surface area contributed by atoms with Crippen LogP contribution in [0.1, 0.15) is 41.0 Å². The van der Waals surface area contributed by atoms with Gasteiger partial charge in [-0.25, -0.2) is 4.79 Å². The highest BCUT2D eigenvalue weighted by Gasteiger charge is 2.29. The molecule has 0 rings (SSSR count). The molecule has 0 aromatic heterocycles. The van der Waals surface area contributed by atoms with Crippen LogP contribution < -0.4 is 5.32 Å². The lowest BCUT2D eigenvalue weighted by molar-refractivity contribution is 0.0124. The van der Waals surface area contributed by atoms with E-state index in [1.54, 1.807) is 40.7 Å². The zero-order chi connectivity index (χ0) is 13.0. The number of alkyl carbamates (subject to hydrolysis) is 1. The Kier molecular flexibility index (Phi) is 5.00. The number of ether oxygens (including phenoxy) is 1. The molecule has 2 atom stereocenters. The number of hydrogen-bond acceptors (Lipinski definition) is 3. The summed E-state index contributed by atoms with van der Waals surface area (Å²) in [4.78, 5) is 11.4. The van der Waals surface area contributed by atoms with Crippen LogP contribution in [0, 0.1) is 0 Å². The van der Waals surface area contributed by atoms with E-state index >= 15 is 0 Å². The maximum atomic E-state index is 11.4. The molecule has 4 nitrogen and oxygen atoms in total. The largest absolute Gasteiger partial charge is 0.444 e. The van der Waals surface area contributed by atoms with E-state index in [4.69, 9.17) is 4.74 Å². The fourth-order valence-electron chi connectivity index (χ4n) is 1.11. The van der Waals surface area contributed by atoms with E-state index in [1.165, 1.54) is 0 Å². The highest BCUT2D eigenvalue weighted by atomic mass is 16.6. The summed E-state index contributed by atoms with van der Waals surface area (Å²) in [6, 6.07) is -0.402. The van der Waals surface area contributed by atoms with Crippen LogP contribution in [-0.4, -0.2) is 28.4 Å². The van der Waals surface area contributed by atoms with Crippen molar-refractivity contribution in [3.63, 3.8) is 0 Å². The third-order valence-electron chi connectivity index (χ3n) is 2.22. The van der Waals surface area contributed by atoms with Crippen molar-refractivity contribution in [3.05, 3.63) is 12.7 Å². The molecule has 0 saturated heterocycles. The van der Waals surface area contributed by atoms with Gasteiger partial charge in [0.05, 0.1) is 11.6 Å². The second kappa shape index (κ2) is 5.34. The number of hydrogen-bond donors (Lipinski definition) is 2. The lowest BCUT2D eigenvalue weighted by atomic mass is 9.94. The monoisotopic (exact) mass is 229 g/mol. The number of amides is 1. The third kappa shape index (κ3) is 5.75. The molecule has 0 fully saturated rings. The number of rotatable bonds is 4. The molecule has 0 aliphatic carbocycles. The van der Waals surface area contributed by atoms with Gasteiger partial charge in [0, 0.05) is 0 Å². The number of nitrogens with one attached hydrogen (secondary N) is 1. The lowest BCUT2D eigenvalue weighted by Gasteiger charge is -2.30. The second-order valence-electron chi connectivity index (χ2n) is 5.22. The average Bonchev–Trinajstić information content (AvgIpc) is 1.99. The highest BCUT2D eigenvalue weighted by molar-refractivity contribution is 5.68. The molecule has 94 valence electrons. The van der Waals surface area contributed by atoms with Crippen LogP contribution in [0.5, 0.6) is 0 Å². The molecule has 1 amide bonds.